The Bertz CT molecular complexity index is 1550. The van der Waals surface area contributed by atoms with Gasteiger partial charge in [0, 0.05) is 19.3 Å². The lowest BCUT2D eigenvalue weighted by Crippen LogP contribution is -2.30. The van der Waals surface area contributed by atoms with E-state index in [1.54, 1.807) is 0 Å². The summed E-state index contributed by atoms with van der Waals surface area (Å²) in [6.07, 6.45) is 93.2. The zero-order chi connectivity index (χ0) is 59.2. The zero-order valence-electron chi connectivity index (χ0n) is 54.5. The third-order valence-corrected chi connectivity index (χ3v) is 15.6. The molecule has 0 saturated heterocycles. The summed E-state index contributed by atoms with van der Waals surface area (Å²) < 4.78 is 17.0. The fraction of sp³-hybridized carbons (Fsp3) is 0.776. The molecule has 0 saturated carbocycles. The molecule has 0 aliphatic carbocycles. The van der Waals surface area contributed by atoms with Gasteiger partial charge in [-0.2, -0.15) is 0 Å². The van der Waals surface area contributed by atoms with Gasteiger partial charge in [0.2, 0.25) is 0 Å². The maximum absolute atomic E-state index is 12.9. The molecule has 0 amide bonds. The van der Waals surface area contributed by atoms with Crippen LogP contribution < -0.4 is 0 Å². The quantitative estimate of drug-likeness (QED) is 0.0261. The third kappa shape index (κ3) is 67.4. The number of hydrogen-bond acceptors (Lipinski definition) is 6. The molecule has 0 radical (unpaired) electrons. The number of carbonyl (C=O) groups is 3. The molecule has 0 bridgehead atoms. The molecule has 0 aromatic rings. The molecule has 0 rings (SSSR count). The van der Waals surface area contributed by atoms with E-state index < -0.39 is 6.10 Å². The van der Waals surface area contributed by atoms with Crippen LogP contribution in [0.3, 0.4) is 0 Å². The Kier molecular flexibility index (Phi) is 67.2. The normalized spacial score (nSPS) is 12.6. The molecule has 0 fully saturated rings. The van der Waals surface area contributed by atoms with Crippen LogP contribution in [0.1, 0.15) is 361 Å². The first-order valence-corrected chi connectivity index (χ1v) is 35.6. The third-order valence-electron chi connectivity index (χ3n) is 15.6. The number of rotatable bonds is 65. The molecule has 0 aromatic heterocycles. The maximum Gasteiger partial charge on any atom is 0.306 e. The Hall–Kier alpha value is -3.41. The molecular weight excluding hydrogens is 1010 g/mol. The minimum absolute atomic E-state index is 0.0804. The van der Waals surface area contributed by atoms with Gasteiger partial charge >= 0.3 is 17.9 Å². The van der Waals surface area contributed by atoms with Crippen LogP contribution in [0.4, 0.5) is 0 Å². The highest BCUT2D eigenvalue weighted by Crippen LogP contribution is 2.17. The van der Waals surface area contributed by atoms with Crippen molar-refractivity contribution < 1.29 is 28.6 Å². The van der Waals surface area contributed by atoms with Gasteiger partial charge in [-0.25, -0.2) is 0 Å². The lowest BCUT2D eigenvalue weighted by molar-refractivity contribution is -0.167. The molecular formula is C76H134O6. The Labute approximate surface area is 509 Å². The summed E-state index contributed by atoms with van der Waals surface area (Å²) in [5, 5.41) is 0. The molecule has 82 heavy (non-hydrogen) atoms. The number of allylic oxidation sites excluding steroid dienone is 14. The molecule has 0 spiro atoms. The van der Waals surface area contributed by atoms with Crippen molar-refractivity contribution in [2.45, 2.75) is 367 Å². The van der Waals surface area contributed by atoms with E-state index in [1.807, 2.05) is 0 Å². The second kappa shape index (κ2) is 70.1. The van der Waals surface area contributed by atoms with E-state index in [-0.39, 0.29) is 31.1 Å². The van der Waals surface area contributed by atoms with Gasteiger partial charge in [0.05, 0.1) is 0 Å². The first-order chi connectivity index (χ1) is 40.5. The molecule has 1 unspecified atom stereocenters. The highest BCUT2D eigenvalue weighted by molar-refractivity contribution is 5.71. The van der Waals surface area contributed by atoms with Crippen LogP contribution in [0, 0.1) is 0 Å². The fourth-order valence-corrected chi connectivity index (χ4v) is 10.3. The lowest BCUT2D eigenvalue weighted by atomic mass is 10.0. The summed E-state index contributed by atoms with van der Waals surface area (Å²) in [6, 6.07) is 0. The van der Waals surface area contributed by atoms with Crippen LogP contribution in [0.5, 0.6) is 0 Å². The van der Waals surface area contributed by atoms with Gasteiger partial charge in [-0.1, -0.05) is 311 Å². The van der Waals surface area contributed by atoms with Crippen molar-refractivity contribution in [1.82, 2.24) is 0 Å². The Morgan fingerprint density at radius 2 is 0.476 bits per heavy atom. The Morgan fingerprint density at radius 1 is 0.256 bits per heavy atom. The molecule has 0 aliphatic rings. The van der Waals surface area contributed by atoms with Gasteiger partial charge in [0.15, 0.2) is 6.10 Å². The van der Waals surface area contributed by atoms with Crippen molar-refractivity contribution >= 4 is 17.9 Å². The van der Waals surface area contributed by atoms with Crippen molar-refractivity contribution in [1.29, 1.82) is 0 Å². The predicted octanol–water partition coefficient (Wildman–Crippen LogP) is 24.6. The summed E-state index contributed by atoms with van der Waals surface area (Å²) in [4.78, 5) is 38.5. The summed E-state index contributed by atoms with van der Waals surface area (Å²) in [5.41, 5.74) is 0. The van der Waals surface area contributed by atoms with Crippen LogP contribution in [-0.2, 0) is 28.6 Å². The van der Waals surface area contributed by atoms with Gasteiger partial charge < -0.3 is 14.2 Å². The topological polar surface area (TPSA) is 78.9 Å². The van der Waals surface area contributed by atoms with Gasteiger partial charge in [-0.3, -0.25) is 14.4 Å². The van der Waals surface area contributed by atoms with E-state index in [2.05, 4.69) is 106 Å². The molecule has 0 N–H and O–H groups in total. The second-order valence-corrected chi connectivity index (χ2v) is 23.8. The molecule has 6 nitrogen and oxygen atoms in total. The van der Waals surface area contributed by atoms with Crippen molar-refractivity contribution in [3.05, 3.63) is 85.1 Å². The molecule has 0 aromatic carbocycles. The van der Waals surface area contributed by atoms with E-state index in [1.165, 1.54) is 218 Å². The highest BCUT2D eigenvalue weighted by atomic mass is 16.6. The minimum Gasteiger partial charge on any atom is -0.462 e. The summed E-state index contributed by atoms with van der Waals surface area (Å²) in [7, 11) is 0. The standard InChI is InChI=1S/C76H134O6/c1-4-7-10-13-16-19-22-25-28-31-33-34-35-36-37-38-39-40-41-42-43-46-48-51-54-57-60-63-66-69-75(78)81-72-73(71-80-74(77)68-65-62-59-56-53-50-47-44-30-27-24-21-18-15-12-9-6-3)82-76(79)70-67-64-61-58-55-52-49-45-32-29-26-23-20-17-14-11-8-5-2/h9,12,18,20-23,25,27,29-33,73H,4-8,10-11,13-17,19,24,26,28,34-72H2,1-3H3/b12-9-,21-18-,23-20-,25-22-,30-27-,32-29-,33-31-. The Balaban J connectivity index is 4.28. The number of esters is 3. The zero-order valence-corrected chi connectivity index (χ0v) is 54.5. The lowest BCUT2D eigenvalue weighted by Gasteiger charge is -2.18. The van der Waals surface area contributed by atoms with E-state index >= 15 is 0 Å². The van der Waals surface area contributed by atoms with Crippen LogP contribution in [0.15, 0.2) is 85.1 Å². The summed E-state index contributed by atoms with van der Waals surface area (Å²) in [6.45, 7) is 6.54. The fourth-order valence-electron chi connectivity index (χ4n) is 10.3. The van der Waals surface area contributed by atoms with Crippen LogP contribution >= 0.6 is 0 Å². The van der Waals surface area contributed by atoms with E-state index in [0.717, 1.165) is 103 Å². The van der Waals surface area contributed by atoms with Gasteiger partial charge in [-0.05, 0) is 116 Å². The Morgan fingerprint density at radius 3 is 0.756 bits per heavy atom. The molecule has 1 atom stereocenters. The molecule has 0 aliphatic heterocycles. The number of hydrogen-bond donors (Lipinski definition) is 0. The second-order valence-electron chi connectivity index (χ2n) is 23.8. The van der Waals surface area contributed by atoms with Crippen LogP contribution in [0.2, 0.25) is 0 Å². The number of carbonyl (C=O) groups excluding carboxylic acids is 3. The average molecular weight is 1140 g/mol. The number of ether oxygens (including phenoxy) is 3. The number of unbranched alkanes of at least 4 members (excludes halogenated alkanes) is 40. The van der Waals surface area contributed by atoms with Crippen LogP contribution in [0.25, 0.3) is 0 Å². The van der Waals surface area contributed by atoms with Crippen molar-refractivity contribution in [3.8, 4) is 0 Å². The van der Waals surface area contributed by atoms with Gasteiger partial charge in [0.25, 0.3) is 0 Å². The van der Waals surface area contributed by atoms with Gasteiger partial charge in [-0.15, -0.1) is 0 Å². The first-order valence-electron chi connectivity index (χ1n) is 35.6. The molecule has 0 heterocycles. The van der Waals surface area contributed by atoms with E-state index in [0.29, 0.717) is 19.3 Å². The van der Waals surface area contributed by atoms with E-state index in [9.17, 15) is 14.4 Å². The van der Waals surface area contributed by atoms with Crippen LogP contribution in [-0.4, -0.2) is 37.2 Å². The molecule has 474 valence electrons. The van der Waals surface area contributed by atoms with Crippen molar-refractivity contribution in [2.75, 3.05) is 13.2 Å². The monoisotopic (exact) mass is 1140 g/mol. The van der Waals surface area contributed by atoms with Gasteiger partial charge in [0.1, 0.15) is 13.2 Å². The van der Waals surface area contributed by atoms with Crippen molar-refractivity contribution in [2.24, 2.45) is 0 Å². The first kappa shape index (κ1) is 78.6. The summed E-state index contributed by atoms with van der Waals surface area (Å²) >= 11 is 0. The van der Waals surface area contributed by atoms with Crippen molar-refractivity contribution in [3.63, 3.8) is 0 Å². The largest absolute Gasteiger partial charge is 0.462 e. The predicted molar refractivity (Wildman–Crippen MR) is 358 cm³/mol. The minimum atomic E-state index is -0.786. The maximum atomic E-state index is 12.9. The average Bonchev–Trinajstić information content (AvgIpc) is 3.47. The SMILES string of the molecule is CC/C=C\C/C=C\C/C=C\CCCCCCCCCC(=O)OCC(COC(=O)CCCCCCCCCCCCCCCCCCC/C=C\C/C=C\CCCCCCC)OC(=O)CCCCCCCCC/C=C\C/C=C\CCCCCC. The smallest absolute Gasteiger partial charge is 0.306 e. The highest BCUT2D eigenvalue weighted by Gasteiger charge is 2.19. The summed E-state index contributed by atoms with van der Waals surface area (Å²) in [5.74, 6) is -0.880. The van der Waals surface area contributed by atoms with E-state index in [4.69, 9.17) is 14.2 Å². The molecule has 6 heteroatoms.